The number of rotatable bonds is 6. The van der Waals surface area contributed by atoms with E-state index in [-0.39, 0.29) is 12.5 Å². The number of benzene rings is 1. The molecule has 0 spiro atoms. The van der Waals surface area contributed by atoms with Crippen LogP contribution in [0.15, 0.2) is 36.4 Å². The van der Waals surface area contributed by atoms with E-state index in [0.29, 0.717) is 6.54 Å². The number of aliphatic hydroxyl groups excluding tert-OH is 1. The van der Waals surface area contributed by atoms with Crippen LogP contribution in [0.25, 0.3) is 6.08 Å². The van der Waals surface area contributed by atoms with Gasteiger partial charge < -0.3 is 15.3 Å². The van der Waals surface area contributed by atoms with Gasteiger partial charge in [-0.25, -0.2) is 0 Å². The van der Waals surface area contributed by atoms with Crippen molar-refractivity contribution in [1.29, 1.82) is 0 Å². The standard InChI is InChI=1S/C14H20N2O2/c1-16(2)11-13(17)10-15-14(18)9-8-12-6-4-3-5-7-12/h3-9,13,17H,10-11H2,1-2H3,(H,15,18)/b9-8+. The average Bonchev–Trinajstić information content (AvgIpc) is 2.34. The molecule has 4 heteroatoms. The molecule has 1 aromatic rings. The molecule has 98 valence electrons. The van der Waals surface area contributed by atoms with E-state index in [1.165, 1.54) is 6.08 Å². The van der Waals surface area contributed by atoms with Crippen molar-refractivity contribution in [2.45, 2.75) is 6.10 Å². The minimum absolute atomic E-state index is 0.198. The van der Waals surface area contributed by atoms with E-state index in [0.717, 1.165) is 5.56 Å². The van der Waals surface area contributed by atoms with E-state index in [9.17, 15) is 9.90 Å². The first-order valence-corrected chi connectivity index (χ1v) is 5.91. The predicted octanol–water partition coefficient (Wildman–Crippen LogP) is 0.738. The fraction of sp³-hybridized carbons (Fsp3) is 0.357. The molecule has 0 radical (unpaired) electrons. The number of aliphatic hydroxyl groups is 1. The fourth-order valence-electron chi connectivity index (χ4n) is 1.50. The first-order valence-electron chi connectivity index (χ1n) is 5.91. The van der Waals surface area contributed by atoms with Gasteiger partial charge >= 0.3 is 0 Å². The van der Waals surface area contributed by atoms with Crippen LogP contribution in [0.1, 0.15) is 5.56 Å². The van der Waals surface area contributed by atoms with Crippen LogP contribution < -0.4 is 5.32 Å². The summed E-state index contributed by atoms with van der Waals surface area (Å²) in [4.78, 5) is 13.4. The molecule has 1 amide bonds. The topological polar surface area (TPSA) is 52.6 Å². The summed E-state index contributed by atoms with van der Waals surface area (Å²) in [6.45, 7) is 0.790. The highest BCUT2D eigenvalue weighted by molar-refractivity contribution is 5.91. The van der Waals surface area contributed by atoms with Gasteiger partial charge in [0, 0.05) is 19.2 Å². The average molecular weight is 248 g/mol. The van der Waals surface area contributed by atoms with Gasteiger partial charge in [-0.15, -0.1) is 0 Å². The molecule has 0 saturated carbocycles. The second-order valence-corrected chi connectivity index (χ2v) is 4.41. The van der Waals surface area contributed by atoms with Crippen molar-refractivity contribution in [3.05, 3.63) is 42.0 Å². The molecule has 0 aromatic heterocycles. The second-order valence-electron chi connectivity index (χ2n) is 4.41. The highest BCUT2D eigenvalue weighted by atomic mass is 16.3. The van der Waals surface area contributed by atoms with Crippen LogP contribution in [0, 0.1) is 0 Å². The largest absolute Gasteiger partial charge is 0.390 e. The lowest BCUT2D eigenvalue weighted by molar-refractivity contribution is -0.116. The summed E-state index contributed by atoms with van der Waals surface area (Å²) in [6.07, 6.45) is 2.67. The summed E-state index contributed by atoms with van der Waals surface area (Å²) in [5.41, 5.74) is 0.974. The van der Waals surface area contributed by atoms with Gasteiger partial charge in [-0.3, -0.25) is 4.79 Å². The lowest BCUT2D eigenvalue weighted by atomic mass is 10.2. The van der Waals surface area contributed by atoms with Gasteiger partial charge in [0.25, 0.3) is 0 Å². The molecule has 0 aliphatic heterocycles. The third-order valence-corrected chi connectivity index (χ3v) is 2.31. The van der Waals surface area contributed by atoms with Gasteiger partial charge in [0.2, 0.25) is 5.91 Å². The number of hydrogen-bond acceptors (Lipinski definition) is 3. The number of amides is 1. The highest BCUT2D eigenvalue weighted by Gasteiger charge is 2.05. The van der Waals surface area contributed by atoms with E-state index < -0.39 is 6.10 Å². The van der Waals surface area contributed by atoms with Crippen LogP contribution in [0.3, 0.4) is 0 Å². The Kier molecular flexibility index (Phi) is 6.11. The van der Waals surface area contributed by atoms with E-state index in [4.69, 9.17) is 0 Å². The van der Waals surface area contributed by atoms with Gasteiger partial charge in [-0.05, 0) is 25.7 Å². The number of nitrogens with zero attached hydrogens (tertiary/aromatic N) is 1. The number of nitrogens with one attached hydrogen (secondary N) is 1. The summed E-state index contributed by atoms with van der Waals surface area (Å²) in [7, 11) is 3.75. The molecule has 4 nitrogen and oxygen atoms in total. The van der Waals surface area contributed by atoms with Crippen LogP contribution in [0.4, 0.5) is 0 Å². The van der Waals surface area contributed by atoms with E-state index >= 15 is 0 Å². The summed E-state index contributed by atoms with van der Waals surface area (Å²) in [5.74, 6) is -0.198. The molecule has 0 fully saturated rings. The first-order chi connectivity index (χ1) is 8.58. The Morgan fingerprint density at radius 2 is 2.06 bits per heavy atom. The number of hydrogen-bond donors (Lipinski definition) is 2. The minimum Gasteiger partial charge on any atom is -0.390 e. The maximum atomic E-state index is 11.5. The van der Waals surface area contributed by atoms with Crippen LogP contribution in [0.5, 0.6) is 0 Å². The summed E-state index contributed by atoms with van der Waals surface area (Å²) >= 11 is 0. The van der Waals surface area contributed by atoms with Crippen molar-refractivity contribution in [2.24, 2.45) is 0 Å². The molecule has 18 heavy (non-hydrogen) atoms. The number of likely N-dealkylation sites (N-methyl/N-ethyl adjacent to an activating group) is 1. The molecule has 0 saturated heterocycles. The van der Waals surface area contributed by atoms with Crippen molar-refractivity contribution >= 4 is 12.0 Å². The zero-order valence-corrected chi connectivity index (χ0v) is 10.8. The zero-order valence-electron chi connectivity index (χ0n) is 10.8. The molecule has 2 N–H and O–H groups in total. The Morgan fingerprint density at radius 3 is 2.67 bits per heavy atom. The molecule has 1 unspecified atom stereocenters. The Labute approximate surface area is 108 Å². The third-order valence-electron chi connectivity index (χ3n) is 2.31. The number of carbonyl (C=O) groups excluding carboxylic acids is 1. The van der Waals surface area contributed by atoms with Gasteiger partial charge in [0.15, 0.2) is 0 Å². The molecule has 0 aliphatic rings. The van der Waals surface area contributed by atoms with Gasteiger partial charge in [0.05, 0.1) is 6.10 Å². The fourth-order valence-corrected chi connectivity index (χ4v) is 1.50. The first kappa shape index (κ1) is 14.4. The van der Waals surface area contributed by atoms with Gasteiger partial charge in [-0.2, -0.15) is 0 Å². The highest BCUT2D eigenvalue weighted by Crippen LogP contribution is 2.00. The van der Waals surface area contributed by atoms with Crippen molar-refractivity contribution < 1.29 is 9.90 Å². The Balaban J connectivity index is 2.32. The van der Waals surface area contributed by atoms with Crippen LogP contribution in [-0.4, -0.2) is 49.2 Å². The maximum absolute atomic E-state index is 11.5. The summed E-state index contributed by atoms with van der Waals surface area (Å²) in [6, 6.07) is 9.60. The monoisotopic (exact) mass is 248 g/mol. The van der Waals surface area contributed by atoms with Crippen molar-refractivity contribution in [3.63, 3.8) is 0 Å². The molecular weight excluding hydrogens is 228 g/mol. The molecule has 0 bridgehead atoms. The quantitative estimate of drug-likeness (QED) is 0.730. The second kappa shape index (κ2) is 7.63. The van der Waals surface area contributed by atoms with Crippen LogP contribution in [0.2, 0.25) is 0 Å². The lowest BCUT2D eigenvalue weighted by Crippen LogP contribution is -2.37. The van der Waals surface area contributed by atoms with Crippen molar-refractivity contribution in [2.75, 3.05) is 27.2 Å². The zero-order chi connectivity index (χ0) is 13.4. The number of carbonyl (C=O) groups is 1. The third kappa shape index (κ3) is 6.18. The predicted molar refractivity (Wildman–Crippen MR) is 73.0 cm³/mol. The summed E-state index contributed by atoms with van der Waals surface area (Å²) in [5, 5.41) is 12.2. The van der Waals surface area contributed by atoms with Crippen molar-refractivity contribution in [3.8, 4) is 0 Å². The Hall–Kier alpha value is -1.65. The van der Waals surface area contributed by atoms with Crippen LogP contribution >= 0.6 is 0 Å². The van der Waals surface area contributed by atoms with E-state index in [1.807, 2.05) is 49.3 Å². The molecule has 0 aliphatic carbocycles. The van der Waals surface area contributed by atoms with Gasteiger partial charge in [0.1, 0.15) is 0 Å². The SMILES string of the molecule is CN(C)CC(O)CNC(=O)/C=C/c1ccccc1. The van der Waals surface area contributed by atoms with Crippen LogP contribution in [-0.2, 0) is 4.79 Å². The molecule has 0 heterocycles. The van der Waals surface area contributed by atoms with E-state index in [2.05, 4.69) is 5.32 Å². The maximum Gasteiger partial charge on any atom is 0.244 e. The Morgan fingerprint density at radius 1 is 1.39 bits per heavy atom. The molecule has 1 rings (SSSR count). The molecule has 1 atom stereocenters. The molecule has 1 aromatic carbocycles. The Bertz CT molecular complexity index is 388. The minimum atomic E-state index is -0.547. The normalized spacial score (nSPS) is 12.9. The summed E-state index contributed by atoms with van der Waals surface area (Å²) < 4.78 is 0. The smallest absolute Gasteiger partial charge is 0.244 e. The molecular formula is C14H20N2O2. The van der Waals surface area contributed by atoms with E-state index in [1.54, 1.807) is 6.08 Å². The van der Waals surface area contributed by atoms with Gasteiger partial charge in [-0.1, -0.05) is 30.3 Å². The van der Waals surface area contributed by atoms with Crippen molar-refractivity contribution in [1.82, 2.24) is 10.2 Å². The lowest BCUT2D eigenvalue weighted by Gasteiger charge is -2.15.